The lowest BCUT2D eigenvalue weighted by Gasteiger charge is -2.31. The first-order chi connectivity index (χ1) is 14.0. The number of piperidine rings is 1. The molecule has 0 unspecified atom stereocenters. The van der Waals surface area contributed by atoms with Gasteiger partial charge in [-0.3, -0.25) is 9.69 Å². The van der Waals surface area contributed by atoms with Crippen molar-refractivity contribution >= 4 is 5.91 Å². The van der Waals surface area contributed by atoms with Gasteiger partial charge in [-0.2, -0.15) is 0 Å². The van der Waals surface area contributed by atoms with E-state index in [0.29, 0.717) is 11.8 Å². The molecular weight excluding hydrogens is 362 g/mol. The van der Waals surface area contributed by atoms with Gasteiger partial charge in [0.15, 0.2) is 0 Å². The number of nitrogens with zero attached hydrogens (tertiary/aromatic N) is 5. The minimum Gasteiger partial charge on any atom is -0.342 e. The van der Waals surface area contributed by atoms with Crippen LogP contribution in [0.25, 0.3) is 0 Å². The Kier molecular flexibility index (Phi) is 5.99. The predicted molar refractivity (Wildman–Crippen MR) is 114 cm³/mol. The molecule has 1 fully saturated rings. The Morgan fingerprint density at radius 2 is 1.90 bits per heavy atom. The smallest absolute Gasteiger partial charge is 0.219 e. The number of aromatic nitrogens is 3. The third-order valence-electron chi connectivity index (χ3n) is 6.43. The number of amides is 1. The first-order valence-corrected chi connectivity index (χ1v) is 11.0. The molecule has 2 aliphatic heterocycles. The highest BCUT2D eigenvalue weighted by Crippen LogP contribution is 2.27. The van der Waals surface area contributed by atoms with Crippen molar-refractivity contribution in [3.8, 4) is 0 Å². The fourth-order valence-corrected chi connectivity index (χ4v) is 4.59. The van der Waals surface area contributed by atoms with Crippen LogP contribution in [0, 0.1) is 0 Å². The normalized spacial score (nSPS) is 20.6. The lowest BCUT2D eigenvalue weighted by Crippen LogP contribution is -2.38. The van der Waals surface area contributed by atoms with E-state index in [1.165, 1.54) is 11.1 Å². The van der Waals surface area contributed by atoms with Gasteiger partial charge in [-0.25, -0.2) is 0 Å². The molecule has 0 bridgehead atoms. The minimum atomic E-state index is 0.167. The minimum absolute atomic E-state index is 0.167. The number of hydrogen-bond donors (Lipinski definition) is 0. The fraction of sp³-hybridized carbons (Fsp3) is 0.609. The van der Waals surface area contributed by atoms with Gasteiger partial charge < -0.3 is 9.47 Å². The molecule has 1 amide bonds. The zero-order chi connectivity index (χ0) is 20.4. The summed E-state index contributed by atoms with van der Waals surface area (Å²) in [5, 5.41) is 9.07. The van der Waals surface area contributed by atoms with Crippen LogP contribution in [0.15, 0.2) is 24.3 Å². The zero-order valence-corrected chi connectivity index (χ0v) is 18.0. The predicted octanol–water partition coefficient (Wildman–Crippen LogP) is 3.19. The number of benzene rings is 1. The summed E-state index contributed by atoms with van der Waals surface area (Å²) in [5.74, 6) is 3.22. The van der Waals surface area contributed by atoms with Gasteiger partial charge in [0.25, 0.3) is 0 Å². The number of likely N-dealkylation sites (tertiary alicyclic amines) is 1. The second-order valence-electron chi connectivity index (χ2n) is 8.85. The molecule has 1 aromatic heterocycles. The van der Waals surface area contributed by atoms with Crippen molar-refractivity contribution in [2.45, 2.75) is 65.0 Å². The number of carbonyl (C=O) groups excluding carboxylic acids is 1. The van der Waals surface area contributed by atoms with Gasteiger partial charge in [0.1, 0.15) is 11.6 Å². The SMILES string of the molecule is CC(=O)N1CCC[C@H](c2nnc3n2CCN(Cc2ccc(C(C)C)cc2)CC3)C1. The van der Waals surface area contributed by atoms with E-state index in [4.69, 9.17) is 0 Å². The highest BCUT2D eigenvalue weighted by molar-refractivity contribution is 5.73. The molecule has 4 rings (SSSR count). The fourth-order valence-electron chi connectivity index (χ4n) is 4.59. The Bertz CT molecular complexity index is 841. The maximum atomic E-state index is 11.8. The second kappa shape index (κ2) is 8.66. The highest BCUT2D eigenvalue weighted by atomic mass is 16.2. The van der Waals surface area contributed by atoms with Crippen molar-refractivity contribution in [1.82, 2.24) is 24.6 Å². The molecule has 2 aliphatic rings. The van der Waals surface area contributed by atoms with Crippen molar-refractivity contribution in [2.75, 3.05) is 26.2 Å². The second-order valence-corrected chi connectivity index (χ2v) is 8.85. The van der Waals surface area contributed by atoms with Crippen LogP contribution in [0.3, 0.4) is 0 Å². The number of carbonyl (C=O) groups is 1. The summed E-state index contributed by atoms with van der Waals surface area (Å²) >= 11 is 0. The lowest BCUT2D eigenvalue weighted by atomic mass is 9.97. The topological polar surface area (TPSA) is 54.3 Å². The summed E-state index contributed by atoms with van der Waals surface area (Å²) in [7, 11) is 0. The molecule has 3 heterocycles. The lowest BCUT2D eigenvalue weighted by molar-refractivity contribution is -0.130. The maximum absolute atomic E-state index is 11.8. The standard InChI is InChI=1S/C23H33N5O/c1-17(2)20-8-6-19(7-9-20)15-26-12-10-22-24-25-23(28(22)14-13-26)21-5-4-11-27(16-21)18(3)29/h6-9,17,21H,4-5,10-16H2,1-3H3/t21-/m0/s1. The highest BCUT2D eigenvalue weighted by Gasteiger charge is 2.29. The number of fused-ring (bicyclic) bond motifs is 1. The van der Waals surface area contributed by atoms with Crippen molar-refractivity contribution in [1.29, 1.82) is 0 Å². The molecule has 156 valence electrons. The first-order valence-electron chi connectivity index (χ1n) is 11.0. The Morgan fingerprint density at radius 3 is 2.62 bits per heavy atom. The van der Waals surface area contributed by atoms with E-state index in [1.54, 1.807) is 6.92 Å². The van der Waals surface area contributed by atoms with Crippen LogP contribution < -0.4 is 0 Å². The van der Waals surface area contributed by atoms with Crippen LogP contribution in [0.1, 0.15) is 68.2 Å². The van der Waals surface area contributed by atoms with Gasteiger partial charge in [0.05, 0.1) is 0 Å². The molecule has 1 aromatic carbocycles. The summed E-state index contributed by atoms with van der Waals surface area (Å²) in [5.41, 5.74) is 2.77. The van der Waals surface area contributed by atoms with Crippen LogP contribution in [-0.4, -0.2) is 56.7 Å². The third-order valence-corrected chi connectivity index (χ3v) is 6.43. The van der Waals surface area contributed by atoms with Gasteiger partial charge in [-0.05, 0) is 29.9 Å². The summed E-state index contributed by atoms with van der Waals surface area (Å²) < 4.78 is 2.33. The molecule has 29 heavy (non-hydrogen) atoms. The van der Waals surface area contributed by atoms with E-state index in [2.05, 4.69) is 57.8 Å². The van der Waals surface area contributed by atoms with Crippen LogP contribution in [0.2, 0.25) is 0 Å². The Labute approximate surface area is 173 Å². The average molecular weight is 396 g/mol. The summed E-state index contributed by atoms with van der Waals surface area (Å²) in [6.07, 6.45) is 3.07. The van der Waals surface area contributed by atoms with E-state index < -0.39 is 0 Å². The molecule has 0 saturated carbocycles. The van der Waals surface area contributed by atoms with Crippen LogP contribution >= 0.6 is 0 Å². The molecule has 1 saturated heterocycles. The van der Waals surface area contributed by atoms with Crippen molar-refractivity contribution < 1.29 is 4.79 Å². The quantitative estimate of drug-likeness (QED) is 0.798. The molecular formula is C23H33N5O. The molecule has 0 N–H and O–H groups in total. The first kappa shape index (κ1) is 20.1. The van der Waals surface area contributed by atoms with E-state index in [0.717, 1.165) is 70.2 Å². The van der Waals surface area contributed by atoms with E-state index >= 15 is 0 Å². The van der Waals surface area contributed by atoms with Gasteiger partial charge in [-0.15, -0.1) is 10.2 Å². The van der Waals surface area contributed by atoms with Crippen LogP contribution in [-0.2, 0) is 24.3 Å². The Balaban J connectivity index is 1.41. The number of hydrogen-bond acceptors (Lipinski definition) is 4. The summed E-state index contributed by atoms with van der Waals surface area (Å²) in [6, 6.07) is 9.05. The van der Waals surface area contributed by atoms with Crippen LogP contribution in [0.4, 0.5) is 0 Å². The monoisotopic (exact) mass is 395 g/mol. The largest absolute Gasteiger partial charge is 0.342 e. The zero-order valence-electron chi connectivity index (χ0n) is 18.0. The molecule has 6 heteroatoms. The maximum Gasteiger partial charge on any atom is 0.219 e. The van der Waals surface area contributed by atoms with Gasteiger partial charge in [0.2, 0.25) is 5.91 Å². The molecule has 0 radical (unpaired) electrons. The van der Waals surface area contributed by atoms with Gasteiger partial charge in [-0.1, -0.05) is 38.1 Å². The molecule has 6 nitrogen and oxygen atoms in total. The van der Waals surface area contributed by atoms with Crippen molar-refractivity contribution in [3.63, 3.8) is 0 Å². The molecule has 1 atom stereocenters. The third kappa shape index (κ3) is 4.53. The molecule has 0 aliphatic carbocycles. The van der Waals surface area contributed by atoms with Crippen molar-refractivity contribution in [2.24, 2.45) is 0 Å². The van der Waals surface area contributed by atoms with E-state index in [1.807, 2.05) is 4.90 Å². The summed E-state index contributed by atoms with van der Waals surface area (Å²) in [6.45, 7) is 11.7. The van der Waals surface area contributed by atoms with Crippen molar-refractivity contribution in [3.05, 3.63) is 47.0 Å². The van der Waals surface area contributed by atoms with E-state index in [-0.39, 0.29) is 5.91 Å². The average Bonchev–Trinajstić information content (AvgIpc) is 3.03. The van der Waals surface area contributed by atoms with Crippen LogP contribution in [0.5, 0.6) is 0 Å². The number of rotatable bonds is 4. The Hall–Kier alpha value is -2.21. The van der Waals surface area contributed by atoms with E-state index in [9.17, 15) is 4.79 Å². The molecule has 0 spiro atoms. The summed E-state index contributed by atoms with van der Waals surface area (Å²) in [4.78, 5) is 16.3. The van der Waals surface area contributed by atoms with Gasteiger partial charge >= 0.3 is 0 Å². The van der Waals surface area contributed by atoms with Gasteiger partial charge in [0, 0.05) is 58.5 Å². The Morgan fingerprint density at radius 1 is 1.10 bits per heavy atom. The molecule has 2 aromatic rings.